The van der Waals surface area contributed by atoms with Crippen molar-refractivity contribution in [2.75, 3.05) is 0 Å². The van der Waals surface area contributed by atoms with E-state index >= 15 is 0 Å². The van der Waals surface area contributed by atoms with Crippen molar-refractivity contribution in [1.29, 1.82) is 0 Å². The largest absolute Gasteiger partial charge is 0.298 e. The monoisotopic (exact) mass is 172 g/mol. The summed E-state index contributed by atoms with van der Waals surface area (Å²) in [5, 5.41) is 3.11. The van der Waals surface area contributed by atoms with Crippen molar-refractivity contribution in [3.63, 3.8) is 0 Å². The number of hydrogen-bond acceptors (Lipinski definition) is 4. The first kappa shape index (κ1) is 8.64. The van der Waals surface area contributed by atoms with Crippen LogP contribution in [-0.4, -0.2) is 4.98 Å². The highest BCUT2D eigenvalue weighted by Crippen LogP contribution is 2.18. The van der Waals surface area contributed by atoms with Crippen molar-refractivity contribution >= 4 is 11.3 Å². The molecule has 11 heavy (non-hydrogen) atoms. The van der Waals surface area contributed by atoms with E-state index in [1.54, 1.807) is 11.3 Å². The van der Waals surface area contributed by atoms with E-state index < -0.39 is 0 Å². The lowest BCUT2D eigenvalue weighted by atomic mass is 10.2. The summed E-state index contributed by atoms with van der Waals surface area (Å²) >= 11 is 1.65. The third-order valence-electron chi connectivity index (χ3n) is 1.29. The summed E-state index contributed by atoms with van der Waals surface area (Å²) < 4.78 is 0. The Labute approximate surface area is 70.2 Å². The van der Waals surface area contributed by atoms with E-state index in [0.717, 1.165) is 10.7 Å². The minimum Gasteiger partial charge on any atom is -0.298 e. The highest BCUT2D eigenvalue weighted by Gasteiger charge is 2.04. The molecule has 62 valence electrons. The average Bonchev–Trinajstić information content (AvgIpc) is 2.37. The van der Waals surface area contributed by atoms with Gasteiger partial charge in [-0.1, -0.05) is 13.8 Å². The van der Waals surface area contributed by atoms with Crippen molar-refractivity contribution in [2.24, 2.45) is 5.90 Å². The lowest BCUT2D eigenvalue weighted by Gasteiger charge is -1.96. The van der Waals surface area contributed by atoms with Crippen LogP contribution >= 0.6 is 11.3 Å². The summed E-state index contributed by atoms with van der Waals surface area (Å²) in [6.07, 6.45) is 0. The van der Waals surface area contributed by atoms with Crippen molar-refractivity contribution in [3.05, 3.63) is 16.1 Å². The van der Waals surface area contributed by atoms with Gasteiger partial charge in [0, 0.05) is 11.3 Å². The second-order valence-corrected chi connectivity index (χ2v) is 3.53. The molecule has 4 heteroatoms. The molecule has 3 nitrogen and oxygen atoms in total. The fourth-order valence-electron chi connectivity index (χ4n) is 0.739. The molecule has 0 atom stereocenters. The van der Waals surface area contributed by atoms with Crippen molar-refractivity contribution in [3.8, 4) is 0 Å². The topological polar surface area (TPSA) is 48.1 Å². The molecule has 0 fully saturated rings. The molecule has 0 aliphatic rings. The fourth-order valence-corrected chi connectivity index (χ4v) is 1.56. The normalized spacial score (nSPS) is 10.9. The first-order valence-corrected chi connectivity index (χ1v) is 4.38. The molecule has 1 rings (SSSR count). The van der Waals surface area contributed by atoms with E-state index in [1.165, 1.54) is 0 Å². The summed E-state index contributed by atoms with van der Waals surface area (Å²) in [5.74, 6) is 5.40. The van der Waals surface area contributed by atoms with E-state index in [4.69, 9.17) is 5.90 Å². The second kappa shape index (κ2) is 3.80. The van der Waals surface area contributed by atoms with Crippen molar-refractivity contribution in [2.45, 2.75) is 26.4 Å². The molecule has 0 unspecified atom stereocenters. The first-order valence-electron chi connectivity index (χ1n) is 3.50. The van der Waals surface area contributed by atoms with Gasteiger partial charge in [0.2, 0.25) is 0 Å². The third kappa shape index (κ3) is 2.25. The minimum atomic E-state index is 0.406. The Bertz CT molecular complexity index is 222. The molecule has 0 aliphatic carbocycles. The highest BCUT2D eigenvalue weighted by atomic mass is 32.1. The van der Waals surface area contributed by atoms with Crippen LogP contribution in [0.1, 0.15) is 30.5 Å². The smallest absolute Gasteiger partial charge is 0.111 e. The number of thiazole rings is 1. The van der Waals surface area contributed by atoms with Crippen LogP contribution in [0.4, 0.5) is 0 Å². The number of nitrogens with two attached hydrogens (primary N) is 1. The van der Waals surface area contributed by atoms with Crippen LogP contribution in [0, 0.1) is 0 Å². The molecule has 0 saturated heterocycles. The molecule has 0 saturated carbocycles. The number of nitrogens with zero attached hydrogens (tertiary/aromatic N) is 1. The molecule has 0 radical (unpaired) electrons. The van der Waals surface area contributed by atoms with Gasteiger partial charge in [-0.05, 0) is 0 Å². The zero-order valence-electron chi connectivity index (χ0n) is 6.70. The molecular formula is C7H12N2OS. The average molecular weight is 172 g/mol. The Hall–Kier alpha value is -0.450. The van der Waals surface area contributed by atoms with Crippen molar-refractivity contribution < 1.29 is 4.84 Å². The van der Waals surface area contributed by atoms with Crippen molar-refractivity contribution in [1.82, 2.24) is 4.98 Å². The summed E-state index contributed by atoms with van der Waals surface area (Å²) in [6, 6.07) is 0. The van der Waals surface area contributed by atoms with E-state index in [-0.39, 0.29) is 0 Å². The number of rotatable bonds is 3. The van der Waals surface area contributed by atoms with Gasteiger partial charge in [0.15, 0.2) is 0 Å². The van der Waals surface area contributed by atoms with E-state index in [1.807, 2.05) is 5.38 Å². The second-order valence-electron chi connectivity index (χ2n) is 2.64. The van der Waals surface area contributed by atoms with E-state index in [0.29, 0.717) is 12.5 Å². The van der Waals surface area contributed by atoms with Gasteiger partial charge >= 0.3 is 0 Å². The fraction of sp³-hybridized carbons (Fsp3) is 0.571. The molecule has 0 aliphatic heterocycles. The summed E-state index contributed by atoms with van der Waals surface area (Å²) in [5.41, 5.74) is 0.918. The van der Waals surface area contributed by atoms with Gasteiger partial charge in [0.05, 0.1) is 10.7 Å². The van der Waals surface area contributed by atoms with Crippen LogP contribution in [-0.2, 0) is 11.4 Å². The molecule has 2 N–H and O–H groups in total. The maximum Gasteiger partial charge on any atom is 0.111 e. The maximum absolute atomic E-state index is 4.91. The van der Waals surface area contributed by atoms with E-state index in [9.17, 15) is 0 Å². The zero-order valence-corrected chi connectivity index (χ0v) is 7.52. The predicted octanol–water partition coefficient (Wildman–Crippen LogP) is 1.66. The molecule has 1 aromatic rings. The lowest BCUT2D eigenvalue weighted by molar-refractivity contribution is 0.121. The van der Waals surface area contributed by atoms with Gasteiger partial charge in [-0.3, -0.25) is 4.84 Å². The highest BCUT2D eigenvalue weighted by molar-refractivity contribution is 7.09. The summed E-state index contributed by atoms with van der Waals surface area (Å²) in [4.78, 5) is 8.78. The minimum absolute atomic E-state index is 0.406. The quantitative estimate of drug-likeness (QED) is 0.705. The third-order valence-corrected chi connectivity index (χ3v) is 2.49. The van der Waals surface area contributed by atoms with Gasteiger partial charge in [-0.15, -0.1) is 11.3 Å². The summed E-state index contributed by atoms with van der Waals surface area (Å²) in [6.45, 7) is 4.64. The summed E-state index contributed by atoms with van der Waals surface area (Å²) in [7, 11) is 0. The van der Waals surface area contributed by atoms with Gasteiger partial charge in [0.1, 0.15) is 6.61 Å². The Morgan fingerprint density at radius 1 is 1.73 bits per heavy atom. The van der Waals surface area contributed by atoms with Crippen LogP contribution in [0.5, 0.6) is 0 Å². The standard InChI is InChI=1S/C7H12N2OS/c1-5(2)7-9-6(3-10-8)4-11-7/h4-5H,3,8H2,1-2H3. The molecule has 1 aromatic heterocycles. The molecule has 1 heterocycles. The van der Waals surface area contributed by atoms with Gasteiger partial charge in [-0.2, -0.15) is 0 Å². The van der Waals surface area contributed by atoms with Crippen LogP contribution in [0.3, 0.4) is 0 Å². The van der Waals surface area contributed by atoms with Crippen LogP contribution in [0.2, 0.25) is 0 Å². The molecule has 0 aromatic carbocycles. The van der Waals surface area contributed by atoms with Crippen LogP contribution in [0.15, 0.2) is 5.38 Å². The number of hydrogen-bond donors (Lipinski definition) is 1. The molecule has 0 amide bonds. The lowest BCUT2D eigenvalue weighted by Crippen LogP contribution is -1.99. The van der Waals surface area contributed by atoms with Gasteiger partial charge in [0.25, 0.3) is 0 Å². The maximum atomic E-state index is 4.91. The molecule has 0 bridgehead atoms. The van der Waals surface area contributed by atoms with Gasteiger partial charge < -0.3 is 0 Å². The Balaban J connectivity index is 2.66. The Kier molecular flexibility index (Phi) is 2.99. The zero-order chi connectivity index (χ0) is 8.27. The van der Waals surface area contributed by atoms with Gasteiger partial charge in [-0.25, -0.2) is 10.9 Å². The van der Waals surface area contributed by atoms with Crippen LogP contribution in [0.25, 0.3) is 0 Å². The first-order chi connectivity index (χ1) is 5.24. The van der Waals surface area contributed by atoms with Crippen LogP contribution < -0.4 is 5.90 Å². The van der Waals surface area contributed by atoms with E-state index in [2.05, 4.69) is 23.7 Å². The molecular weight excluding hydrogens is 160 g/mol. The number of aromatic nitrogens is 1. The predicted molar refractivity (Wildman–Crippen MR) is 45.2 cm³/mol. The Morgan fingerprint density at radius 3 is 2.91 bits per heavy atom. The Morgan fingerprint density at radius 2 is 2.45 bits per heavy atom. The molecule has 0 spiro atoms. The SMILES string of the molecule is CC(C)c1nc(CON)cs1.